The molecule has 8 N–H and O–H groups in total. The number of nitrogens with one attached hydrogen (secondary N) is 2. The van der Waals surface area contributed by atoms with Gasteiger partial charge in [-0.05, 0) is 31.9 Å². The van der Waals surface area contributed by atoms with Gasteiger partial charge >= 0.3 is 0 Å². The lowest BCUT2D eigenvalue weighted by Gasteiger charge is -2.21. The SMILES string of the molecule is CC[n+]1c(CNC(=O)C2=NC(Cl)=C(N)NC2N)n(CC2CCCO2)c2cccc(OCC(=O)N3CC(O)[C@@H](O)C3)c21. The molecule has 0 radical (unpaired) electrons. The first-order chi connectivity index (χ1) is 19.7. The summed E-state index contributed by atoms with van der Waals surface area (Å²) < 4.78 is 16.1. The number of ether oxygens (including phenoxy) is 2. The largest absolute Gasteiger partial charge is 0.479 e. The highest BCUT2D eigenvalue weighted by Gasteiger charge is 2.34. The summed E-state index contributed by atoms with van der Waals surface area (Å²) in [4.78, 5) is 31.3. The van der Waals surface area contributed by atoms with Crippen molar-refractivity contribution >= 4 is 40.2 Å². The summed E-state index contributed by atoms with van der Waals surface area (Å²) in [5.41, 5.74) is 13.4. The zero-order chi connectivity index (χ0) is 29.3. The maximum Gasteiger partial charge on any atom is 0.277 e. The van der Waals surface area contributed by atoms with Gasteiger partial charge < -0.3 is 46.7 Å². The summed E-state index contributed by atoms with van der Waals surface area (Å²) in [6.07, 6.45) is -0.950. The van der Waals surface area contributed by atoms with Crippen LogP contribution in [0.15, 0.2) is 34.2 Å². The summed E-state index contributed by atoms with van der Waals surface area (Å²) in [5.74, 6) is 0.549. The Morgan fingerprint density at radius 2 is 2.07 bits per heavy atom. The van der Waals surface area contributed by atoms with E-state index in [9.17, 15) is 19.8 Å². The minimum absolute atomic E-state index is 0.00807. The molecule has 2 aromatic rings. The van der Waals surface area contributed by atoms with E-state index in [0.29, 0.717) is 25.4 Å². The zero-order valence-corrected chi connectivity index (χ0v) is 23.5. The van der Waals surface area contributed by atoms with Gasteiger partial charge in [-0.1, -0.05) is 17.7 Å². The van der Waals surface area contributed by atoms with E-state index in [4.69, 9.17) is 32.5 Å². The van der Waals surface area contributed by atoms with E-state index in [2.05, 4.69) is 20.2 Å². The molecule has 0 aliphatic carbocycles. The van der Waals surface area contributed by atoms with E-state index in [0.717, 1.165) is 29.7 Å². The first-order valence-corrected chi connectivity index (χ1v) is 14.0. The number of imidazole rings is 1. The van der Waals surface area contributed by atoms with Crippen LogP contribution >= 0.6 is 11.6 Å². The van der Waals surface area contributed by atoms with Crippen molar-refractivity contribution in [3.05, 3.63) is 35.0 Å². The van der Waals surface area contributed by atoms with Gasteiger partial charge in [0.1, 0.15) is 30.8 Å². The lowest BCUT2D eigenvalue weighted by atomic mass is 10.2. The standard InChI is InChI=1S/C26H35ClN8O6/c1-2-34-19(9-30-26(39)21-24(28)32-25(29)23(27)31-21)35(10-14-5-4-8-40-14)15-6-3-7-18(22(15)34)41-13-20(38)33-11-16(36)17(37)12-33/h3,6-7,14,16-17,24,36-37H,2,4-5,8-13,28H2,1H3,(H3-,29,30,32,39)/p+1/t14?,16-,17?,24?/m0/s1. The number of hydrogen-bond acceptors (Lipinski definition) is 10. The van der Waals surface area contributed by atoms with E-state index < -0.39 is 24.3 Å². The Labute approximate surface area is 241 Å². The number of rotatable bonds is 9. The molecule has 3 aliphatic heterocycles. The lowest BCUT2D eigenvalue weighted by Crippen LogP contribution is -2.53. The third-order valence-corrected chi connectivity index (χ3v) is 7.83. The molecule has 0 spiro atoms. The Kier molecular flexibility index (Phi) is 8.66. The van der Waals surface area contributed by atoms with Gasteiger partial charge in [0.05, 0.1) is 24.9 Å². The van der Waals surface area contributed by atoms with Crippen molar-refractivity contribution in [2.45, 2.75) is 63.9 Å². The van der Waals surface area contributed by atoms with Crippen LogP contribution in [0, 0.1) is 0 Å². The summed E-state index contributed by atoms with van der Waals surface area (Å²) in [5, 5.41) is 25.2. The summed E-state index contributed by atoms with van der Waals surface area (Å²) in [6, 6.07) is 5.59. The number of hydrogen-bond donors (Lipinski definition) is 6. The number of aryl methyl sites for hydroxylation is 1. The van der Waals surface area contributed by atoms with Crippen LogP contribution in [-0.4, -0.2) is 88.0 Å². The molecule has 4 atom stereocenters. The maximum absolute atomic E-state index is 13.1. The average molecular weight is 592 g/mol. The van der Waals surface area contributed by atoms with E-state index in [1.807, 2.05) is 23.6 Å². The second-order valence-corrected chi connectivity index (χ2v) is 10.6. The Hall–Kier alpha value is -3.43. The molecule has 0 bridgehead atoms. The van der Waals surface area contributed by atoms with Gasteiger partial charge in [-0.2, -0.15) is 0 Å². The van der Waals surface area contributed by atoms with E-state index in [1.165, 1.54) is 4.90 Å². The number of likely N-dealkylation sites (tertiary alicyclic amines) is 1. The molecule has 1 aromatic heterocycles. The van der Waals surface area contributed by atoms with Crippen molar-refractivity contribution < 1.29 is 33.8 Å². The first kappa shape index (κ1) is 29.1. The van der Waals surface area contributed by atoms with Crippen molar-refractivity contribution in [1.82, 2.24) is 20.1 Å². The molecule has 3 unspecified atom stereocenters. The predicted octanol–water partition coefficient (Wildman–Crippen LogP) is -1.66. The van der Waals surface area contributed by atoms with Crippen molar-refractivity contribution in [3.8, 4) is 5.75 Å². The zero-order valence-electron chi connectivity index (χ0n) is 22.8. The van der Waals surface area contributed by atoms with E-state index in [-0.39, 0.29) is 54.9 Å². The van der Waals surface area contributed by atoms with Crippen molar-refractivity contribution in [3.63, 3.8) is 0 Å². The Bertz CT molecular complexity index is 1380. The molecule has 0 saturated carbocycles. The number of β-amino-alcohol motifs (C(OH)–C–C–N with tert-alkyl or cyclic N) is 2. The quantitative estimate of drug-likeness (QED) is 0.146. The number of aliphatic hydroxyl groups excluding tert-OH is 2. The summed E-state index contributed by atoms with van der Waals surface area (Å²) in [7, 11) is 0. The van der Waals surface area contributed by atoms with Crippen LogP contribution in [0.1, 0.15) is 25.6 Å². The van der Waals surface area contributed by atoms with Gasteiger partial charge in [0.2, 0.25) is 5.52 Å². The number of para-hydroxylation sites is 1. The Balaban J connectivity index is 1.44. The molecule has 2 amide bonds. The highest BCUT2D eigenvalue weighted by molar-refractivity contribution is 6.43. The molecule has 2 saturated heterocycles. The van der Waals surface area contributed by atoms with Gasteiger partial charge in [-0.3, -0.25) is 9.59 Å². The number of benzene rings is 1. The monoisotopic (exact) mass is 591 g/mol. The molecule has 5 rings (SSSR count). The van der Waals surface area contributed by atoms with Crippen LogP contribution in [0.5, 0.6) is 5.75 Å². The van der Waals surface area contributed by atoms with Crippen LogP contribution < -0.4 is 31.4 Å². The Morgan fingerprint density at radius 3 is 2.76 bits per heavy atom. The second-order valence-electron chi connectivity index (χ2n) is 10.3. The molecule has 15 heteroatoms. The first-order valence-electron chi connectivity index (χ1n) is 13.6. The molecule has 41 heavy (non-hydrogen) atoms. The maximum atomic E-state index is 13.1. The molecule has 3 aliphatic rings. The normalized spacial score (nSPS) is 24.5. The van der Waals surface area contributed by atoms with Gasteiger partial charge in [0.15, 0.2) is 23.0 Å². The van der Waals surface area contributed by atoms with Crippen LogP contribution in [0.25, 0.3) is 11.0 Å². The minimum atomic E-state index is -0.969. The number of aliphatic imine (C=N–C) groups is 1. The third kappa shape index (κ3) is 5.97. The van der Waals surface area contributed by atoms with Crippen molar-refractivity contribution in [1.29, 1.82) is 0 Å². The lowest BCUT2D eigenvalue weighted by molar-refractivity contribution is -0.676. The number of amides is 2. The summed E-state index contributed by atoms with van der Waals surface area (Å²) in [6.45, 7) is 3.78. The van der Waals surface area contributed by atoms with Gasteiger partial charge in [-0.25, -0.2) is 14.1 Å². The van der Waals surface area contributed by atoms with Crippen molar-refractivity contribution in [2.75, 3.05) is 26.3 Å². The second kappa shape index (κ2) is 12.2. The number of fused-ring (bicyclic) bond motifs is 1. The fraction of sp³-hybridized carbons (Fsp3) is 0.538. The molecule has 4 heterocycles. The third-order valence-electron chi connectivity index (χ3n) is 7.54. The highest BCUT2D eigenvalue weighted by Crippen LogP contribution is 2.27. The number of halogens is 1. The minimum Gasteiger partial charge on any atom is -0.479 e. The molecule has 1 aromatic carbocycles. The number of carbonyl (C=O) groups is 2. The molecular formula is C26H36ClN8O6+. The van der Waals surface area contributed by atoms with Gasteiger partial charge in [0, 0.05) is 19.7 Å². The Morgan fingerprint density at radius 1 is 1.32 bits per heavy atom. The highest BCUT2D eigenvalue weighted by atomic mass is 35.5. The topological polar surface area (TPSA) is 194 Å². The number of carbonyl (C=O) groups excluding carboxylic acids is 2. The fourth-order valence-electron chi connectivity index (χ4n) is 5.43. The van der Waals surface area contributed by atoms with Crippen LogP contribution in [0.3, 0.4) is 0 Å². The van der Waals surface area contributed by atoms with Gasteiger partial charge in [-0.15, -0.1) is 0 Å². The number of nitrogens with two attached hydrogens (primary N) is 2. The molecule has 2 fully saturated rings. The number of nitrogens with zero attached hydrogens (tertiary/aromatic N) is 4. The number of aromatic nitrogens is 2. The van der Waals surface area contributed by atoms with E-state index >= 15 is 0 Å². The fourth-order valence-corrected chi connectivity index (χ4v) is 5.58. The van der Waals surface area contributed by atoms with Crippen LogP contribution in [0.4, 0.5) is 0 Å². The number of aliphatic hydroxyl groups is 2. The van der Waals surface area contributed by atoms with E-state index in [1.54, 1.807) is 6.07 Å². The molecule has 222 valence electrons. The molecular weight excluding hydrogens is 556 g/mol. The van der Waals surface area contributed by atoms with Crippen LogP contribution in [-0.2, 0) is 34.0 Å². The van der Waals surface area contributed by atoms with Gasteiger partial charge in [0.25, 0.3) is 17.6 Å². The predicted molar refractivity (Wildman–Crippen MR) is 148 cm³/mol. The summed E-state index contributed by atoms with van der Waals surface area (Å²) >= 11 is 6.02. The average Bonchev–Trinajstić information content (AvgIpc) is 3.66. The van der Waals surface area contributed by atoms with Crippen molar-refractivity contribution in [2.24, 2.45) is 16.5 Å². The molecule has 14 nitrogen and oxygen atoms in total. The van der Waals surface area contributed by atoms with Crippen LogP contribution in [0.2, 0.25) is 0 Å². The smallest absolute Gasteiger partial charge is 0.277 e.